The fraction of sp³-hybridized carbons (Fsp3) is 0.615. The van der Waals surface area contributed by atoms with Gasteiger partial charge in [0.05, 0.1) is 12.9 Å². The Hall–Kier alpha value is -1.91. The van der Waals surface area contributed by atoms with E-state index in [0.717, 1.165) is 0 Å². The first-order valence-electron chi connectivity index (χ1n) is 6.96. The van der Waals surface area contributed by atoms with Crippen molar-refractivity contribution in [3.05, 3.63) is 12.4 Å². The number of halogens is 2. The van der Waals surface area contributed by atoms with E-state index >= 15 is 0 Å². The van der Waals surface area contributed by atoms with Crippen LogP contribution in [0.25, 0.3) is 11.2 Å². The van der Waals surface area contributed by atoms with Gasteiger partial charge in [-0.3, -0.25) is 4.57 Å². The molecule has 0 aromatic carbocycles. The van der Waals surface area contributed by atoms with Crippen molar-refractivity contribution < 1.29 is 23.7 Å². The molecular weight excluding hydrogens is 312 g/mol. The SMILES string of the molecule is CN(C)c1nc(F)nc2c1ncn2[C@@H]1O[C@](C)(CO)[C@@H](O)[C@H]1F. The second-order valence-corrected chi connectivity index (χ2v) is 5.90. The summed E-state index contributed by atoms with van der Waals surface area (Å²) in [4.78, 5) is 13.0. The van der Waals surface area contributed by atoms with Crippen LogP contribution in [0.5, 0.6) is 0 Å². The summed E-state index contributed by atoms with van der Waals surface area (Å²) >= 11 is 0. The molecule has 2 aromatic rings. The van der Waals surface area contributed by atoms with Crippen molar-refractivity contribution in [2.24, 2.45) is 0 Å². The van der Waals surface area contributed by atoms with Crippen LogP contribution in [0.1, 0.15) is 13.2 Å². The van der Waals surface area contributed by atoms with Gasteiger partial charge in [0, 0.05) is 14.1 Å². The van der Waals surface area contributed by atoms with Crippen molar-refractivity contribution in [2.75, 3.05) is 25.6 Å². The number of imidazole rings is 1. The van der Waals surface area contributed by atoms with Crippen LogP contribution in [0.15, 0.2) is 6.33 Å². The smallest absolute Gasteiger partial charge is 0.312 e. The lowest BCUT2D eigenvalue weighted by Crippen LogP contribution is -2.42. The molecule has 0 saturated carbocycles. The van der Waals surface area contributed by atoms with Gasteiger partial charge in [0.2, 0.25) is 0 Å². The van der Waals surface area contributed by atoms with Crippen LogP contribution in [-0.4, -0.2) is 68.3 Å². The van der Waals surface area contributed by atoms with Crippen LogP contribution in [0.3, 0.4) is 0 Å². The Morgan fingerprint density at radius 2 is 2.13 bits per heavy atom. The molecule has 1 aliphatic rings. The Morgan fingerprint density at radius 1 is 1.43 bits per heavy atom. The molecule has 3 heterocycles. The Morgan fingerprint density at radius 3 is 2.70 bits per heavy atom. The van der Waals surface area contributed by atoms with Gasteiger partial charge >= 0.3 is 6.08 Å². The number of anilines is 1. The summed E-state index contributed by atoms with van der Waals surface area (Å²) < 4.78 is 34.8. The summed E-state index contributed by atoms with van der Waals surface area (Å²) in [5, 5.41) is 19.3. The van der Waals surface area contributed by atoms with E-state index in [4.69, 9.17) is 4.74 Å². The first kappa shape index (κ1) is 16.0. The van der Waals surface area contributed by atoms with Crippen LogP contribution in [-0.2, 0) is 4.74 Å². The molecule has 2 aromatic heterocycles. The minimum Gasteiger partial charge on any atom is -0.393 e. The standard InChI is InChI=1S/C13H17F2N5O3/c1-13(4-21)8(22)6(14)11(23-13)20-5-16-7-9(19(2)3)17-12(15)18-10(7)20/h5-6,8,11,21-22H,4H2,1-3H3/t6-,8+,11-,13-/m1/s1. The number of nitrogens with zero attached hydrogens (tertiary/aromatic N) is 5. The molecule has 23 heavy (non-hydrogen) atoms. The molecule has 0 unspecified atom stereocenters. The summed E-state index contributed by atoms with van der Waals surface area (Å²) in [7, 11) is 3.33. The van der Waals surface area contributed by atoms with E-state index in [0.29, 0.717) is 0 Å². The van der Waals surface area contributed by atoms with Crippen LogP contribution in [0.4, 0.5) is 14.6 Å². The number of hydrogen-bond donors (Lipinski definition) is 2. The molecule has 0 aliphatic carbocycles. The van der Waals surface area contributed by atoms with Crippen molar-refractivity contribution in [1.29, 1.82) is 0 Å². The normalized spacial score (nSPS) is 31.0. The molecule has 4 atom stereocenters. The lowest BCUT2D eigenvalue weighted by atomic mass is 9.99. The van der Waals surface area contributed by atoms with Crippen molar-refractivity contribution >= 4 is 17.0 Å². The van der Waals surface area contributed by atoms with E-state index in [1.807, 2.05) is 0 Å². The quantitative estimate of drug-likeness (QED) is 0.766. The first-order valence-corrected chi connectivity index (χ1v) is 6.96. The summed E-state index contributed by atoms with van der Waals surface area (Å²) in [6.07, 6.45) is -4.38. The zero-order valence-corrected chi connectivity index (χ0v) is 12.8. The van der Waals surface area contributed by atoms with Crippen molar-refractivity contribution in [1.82, 2.24) is 19.5 Å². The van der Waals surface area contributed by atoms with Crippen LogP contribution in [0.2, 0.25) is 0 Å². The number of hydrogen-bond acceptors (Lipinski definition) is 7. The van der Waals surface area contributed by atoms with E-state index in [2.05, 4.69) is 15.0 Å². The fourth-order valence-electron chi connectivity index (χ4n) is 2.62. The van der Waals surface area contributed by atoms with Gasteiger partial charge in [-0.05, 0) is 6.92 Å². The molecule has 2 N–H and O–H groups in total. The molecule has 126 valence electrons. The van der Waals surface area contributed by atoms with Gasteiger partial charge in [-0.25, -0.2) is 9.37 Å². The van der Waals surface area contributed by atoms with Gasteiger partial charge in [-0.15, -0.1) is 0 Å². The first-order chi connectivity index (χ1) is 10.8. The van der Waals surface area contributed by atoms with Gasteiger partial charge in [0.25, 0.3) is 0 Å². The lowest BCUT2D eigenvalue weighted by molar-refractivity contribution is -0.115. The molecule has 1 aliphatic heterocycles. The molecular formula is C13H17F2N5O3. The van der Waals surface area contributed by atoms with Crippen LogP contribution in [0, 0.1) is 6.08 Å². The highest BCUT2D eigenvalue weighted by molar-refractivity contribution is 5.83. The van der Waals surface area contributed by atoms with Gasteiger partial charge in [0.15, 0.2) is 29.4 Å². The van der Waals surface area contributed by atoms with E-state index in [-0.39, 0.29) is 17.0 Å². The Labute approximate surface area is 130 Å². The average molecular weight is 329 g/mol. The van der Waals surface area contributed by atoms with Crippen LogP contribution >= 0.6 is 0 Å². The highest BCUT2D eigenvalue weighted by atomic mass is 19.1. The molecule has 1 saturated heterocycles. The fourth-order valence-corrected chi connectivity index (χ4v) is 2.62. The second kappa shape index (κ2) is 5.32. The summed E-state index contributed by atoms with van der Waals surface area (Å²) in [5.74, 6) is 0.241. The van der Waals surface area contributed by atoms with E-state index in [1.54, 1.807) is 19.0 Å². The Bertz CT molecular complexity index is 740. The van der Waals surface area contributed by atoms with Crippen LogP contribution < -0.4 is 4.90 Å². The number of aliphatic hydroxyl groups is 2. The average Bonchev–Trinajstić information content (AvgIpc) is 3.01. The zero-order valence-electron chi connectivity index (χ0n) is 12.8. The highest BCUT2D eigenvalue weighted by Gasteiger charge is 2.53. The number of ether oxygens (including phenoxy) is 1. The third-order valence-corrected chi connectivity index (χ3v) is 3.98. The predicted octanol–water partition coefficient (Wildman–Crippen LogP) is 0.0102. The summed E-state index contributed by atoms with van der Waals surface area (Å²) in [6.45, 7) is 0.828. The number of rotatable bonds is 3. The highest BCUT2D eigenvalue weighted by Crippen LogP contribution is 2.40. The second-order valence-electron chi connectivity index (χ2n) is 5.90. The van der Waals surface area contributed by atoms with Gasteiger partial charge in [-0.1, -0.05) is 0 Å². The Kier molecular flexibility index (Phi) is 3.69. The van der Waals surface area contributed by atoms with Gasteiger partial charge < -0.3 is 19.8 Å². The number of fused-ring (bicyclic) bond motifs is 1. The summed E-state index contributed by atoms with van der Waals surface area (Å²) in [6, 6.07) is 0. The number of alkyl halides is 1. The molecule has 0 spiro atoms. The summed E-state index contributed by atoms with van der Waals surface area (Å²) in [5.41, 5.74) is -1.14. The van der Waals surface area contributed by atoms with Gasteiger partial charge in [-0.2, -0.15) is 14.4 Å². The van der Waals surface area contributed by atoms with Crippen molar-refractivity contribution in [3.8, 4) is 0 Å². The third kappa shape index (κ3) is 2.33. The van der Waals surface area contributed by atoms with E-state index in [9.17, 15) is 19.0 Å². The predicted molar refractivity (Wildman–Crippen MR) is 76.1 cm³/mol. The van der Waals surface area contributed by atoms with Crippen molar-refractivity contribution in [2.45, 2.75) is 31.0 Å². The molecule has 0 radical (unpaired) electrons. The molecule has 3 rings (SSSR count). The minimum absolute atomic E-state index is 0.0447. The number of aromatic nitrogens is 4. The lowest BCUT2D eigenvalue weighted by Gasteiger charge is -2.24. The van der Waals surface area contributed by atoms with Gasteiger partial charge in [0.1, 0.15) is 11.7 Å². The topological polar surface area (TPSA) is 96.5 Å². The molecule has 8 nitrogen and oxygen atoms in total. The maximum atomic E-state index is 14.4. The zero-order chi connectivity index (χ0) is 16.9. The minimum atomic E-state index is -1.83. The number of aliphatic hydroxyl groups excluding tert-OH is 2. The largest absolute Gasteiger partial charge is 0.393 e. The van der Waals surface area contributed by atoms with Crippen molar-refractivity contribution in [3.63, 3.8) is 0 Å². The van der Waals surface area contributed by atoms with E-state index in [1.165, 1.54) is 17.8 Å². The third-order valence-electron chi connectivity index (χ3n) is 3.98. The molecule has 1 fully saturated rings. The molecule has 10 heteroatoms. The Balaban J connectivity index is 2.11. The molecule has 0 amide bonds. The molecule has 0 bridgehead atoms. The monoisotopic (exact) mass is 329 g/mol. The van der Waals surface area contributed by atoms with E-state index < -0.39 is 36.8 Å². The maximum absolute atomic E-state index is 14.4. The maximum Gasteiger partial charge on any atom is 0.312 e.